The van der Waals surface area contributed by atoms with E-state index in [1.165, 1.54) is 32.1 Å². The van der Waals surface area contributed by atoms with E-state index in [4.69, 9.17) is 4.74 Å². The predicted molar refractivity (Wildman–Crippen MR) is 83.9 cm³/mol. The number of pyridine rings is 1. The standard InChI is InChI=1S/C13H19NO.2C2H6/c1-10-8-13(9-11(2)14-10)15-12-6-4-3-5-7-12;2*1-2/h8-9,12H,3-7H2,1-2H3;2*1-2H3. The zero-order valence-corrected chi connectivity index (χ0v) is 13.6. The fourth-order valence-electron chi connectivity index (χ4n) is 2.24. The van der Waals surface area contributed by atoms with E-state index in [1.807, 2.05) is 53.7 Å². The summed E-state index contributed by atoms with van der Waals surface area (Å²) >= 11 is 0. The maximum absolute atomic E-state index is 5.98. The van der Waals surface area contributed by atoms with Gasteiger partial charge in [0.1, 0.15) is 5.75 Å². The van der Waals surface area contributed by atoms with Crippen LogP contribution in [0.15, 0.2) is 12.1 Å². The minimum atomic E-state index is 0.431. The molecule has 0 N–H and O–H groups in total. The fraction of sp³-hybridized carbons (Fsp3) is 0.706. The maximum Gasteiger partial charge on any atom is 0.123 e. The largest absolute Gasteiger partial charge is 0.490 e. The van der Waals surface area contributed by atoms with E-state index in [0.717, 1.165) is 17.1 Å². The molecular weight excluding hydrogens is 234 g/mol. The van der Waals surface area contributed by atoms with Crippen molar-refractivity contribution in [2.75, 3.05) is 0 Å². The van der Waals surface area contributed by atoms with Gasteiger partial charge in [-0.1, -0.05) is 34.1 Å². The van der Waals surface area contributed by atoms with Crippen molar-refractivity contribution < 1.29 is 4.74 Å². The molecule has 1 aliphatic rings. The van der Waals surface area contributed by atoms with Crippen LogP contribution in [-0.4, -0.2) is 11.1 Å². The van der Waals surface area contributed by atoms with Gasteiger partial charge in [-0.15, -0.1) is 0 Å². The summed E-state index contributed by atoms with van der Waals surface area (Å²) in [5.74, 6) is 0.993. The van der Waals surface area contributed by atoms with Gasteiger partial charge in [0.15, 0.2) is 0 Å². The lowest BCUT2D eigenvalue weighted by molar-refractivity contribution is 0.154. The van der Waals surface area contributed by atoms with Crippen molar-refractivity contribution in [3.05, 3.63) is 23.5 Å². The monoisotopic (exact) mass is 265 g/mol. The molecule has 0 atom stereocenters. The summed E-state index contributed by atoms with van der Waals surface area (Å²) in [7, 11) is 0. The Balaban J connectivity index is 0.000000741. The van der Waals surface area contributed by atoms with Crippen LogP contribution in [0.4, 0.5) is 0 Å². The molecule has 0 saturated heterocycles. The molecule has 0 radical (unpaired) electrons. The number of hydrogen-bond donors (Lipinski definition) is 0. The Bertz CT molecular complexity index is 310. The van der Waals surface area contributed by atoms with Crippen molar-refractivity contribution in [1.82, 2.24) is 4.98 Å². The first kappa shape index (κ1) is 17.9. The minimum absolute atomic E-state index is 0.431. The van der Waals surface area contributed by atoms with Gasteiger partial charge >= 0.3 is 0 Å². The van der Waals surface area contributed by atoms with Crippen molar-refractivity contribution in [3.8, 4) is 5.75 Å². The first-order chi connectivity index (χ1) is 9.24. The fourth-order valence-corrected chi connectivity index (χ4v) is 2.24. The summed E-state index contributed by atoms with van der Waals surface area (Å²) in [4.78, 5) is 4.35. The normalized spacial score (nSPS) is 14.6. The minimum Gasteiger partial charge on any atom is -0.490 e. The average Bonchev–Trinajstić information content (AvgIpc) is 2.43. The topological polar surface area (TPSA) is 22.1 Å². The Morgan fingerprint density at radius 3 is 1.84 bits per heavy atom. The van der Waals surface area contributed by atoms with Crippen molar-refractivity contribution in [3.63, 3.8) is 0 Å². The molecule has 1 saturated carbocycles. The van der Waals surface area contributed by atoms with Crippen LogP contribution in [0.3, 0.4) is 0 Å². The maximum atomic E-state index is 5.98. The number of rotatable bonds is 2. The summed E-state index contributed by atoms with van der Waals surface area (Å²) < 4.78 is 5.98. The highest BCUT2D eigenvalue weighted by Crippen LogP contribution is 2.23. The summed E-state index contributed by atoms with van der Waals surface area (Å²) in [6.45, 7) is 12.0. The molecule has 1 aromatic heterocycles. The third-order valence-electron chi connectivity index (χ3n) is 2.91. The van der Waals surface area contributed by atoms with Crippen LogP contribution in [0.5, 0.6) is 5.75 Å². The second kappa shape index (κ2) is 10.8. The van der Waals surface area contributed by atoms with Gasteiger partial charge < -0.3 is 4.74 Å². The zero-order chi connectivity index (χ0) is 14.7. The second-order valence-corrected chi connectivity index (χ2v) is 4.46. The Hall–Kier alpha value is -1.05. The number of nitrogens with zero attached hydrogens (tertiary/aromatic N) is 1. The van der Waals surface area contributed by atoms with Gasteiger partial charge in [0.2, 0.25) is 0 Å². The summed E-state index contributed by atoms with van der Waals surface area (Å²) in [6, 6.07) is 4.06. The van der Waals surface area contributed by atoms with Gasteiger partial charge in [0.05, 0.1) is 6.10 Å². The predicted octanol–water partition coefficient (Wildman–Crippen LogP) is 5.46. The number of aryl methyl sites for hydroxylation is 2. The van der Waals surface area contributed by atoms with E-state index < -0.39 is 0 Å². The molecule has 0 bridgehead atoms. The molecule has 1 aromatic rings. The number of aromatic nitrogens is 1. The number of hydrogen-bond acceptors (Lipinski definition) is 2. The first-order valence-electron chi connectivity index (χ1n) is 7.86. The summed E-state index contributed by atoms with van der Waals surface area (Å²) in [6.07, 6.45) is 6.84. The molecule has 0 spiro atoms. The van der Waals surface area contributed by atoms with E-state index >= 15 is 0 Å². The average molecular weight is 265 g/mol. The molecule has 0 aromatic carbocycles. The number of ether oxygens (including phenoxy) is 1. The quantitative estimate of drug-likeness (QED) is 0.708. The zero-order valence-electron chi connectivity index (χ0n) is 13.6. The van der Waals surface area contributed by atoms with E-state index in [-0.39, 0.29) is 0 Å². The van der Waals surface area contributed by atoms with Gasteiger partial charge in [-0.2, -0.15) is 0 Å². The third kappa shape index (κ3) is 7.19. The van der Waals surface area contributed by atoms with Gasteiger partial charge in [0, 0.05) is 23.5 Å². The molecule has 2 heteroatoms. The summed E-state index contributed by atoms with van der Waals surface area (Å²) in [5.41, 5.74) is 2.08. The van der Waals surface area contributed by atoms with Crippen molar-refractivity contribution in [1.29, 1.82) is 0 Å². The Kier molecular flexibility index (Phi) is 10.2. The highest BCUT2D eigenvalue weighted by atomic mass is 16.5. The van der Waals surface area contributed by atoms with Gasteiger partial charge in [-0.25, -0.2) is 0 Å². The molecule has 19 heavy (non-hydrogen) atoms. The molecule has 0 unspecified atom stereocenters. The van der Waals surface area contributed by atoms with Crippen molar-refractivity contribution in [2.24, 2.45) is 0 Å². The van der Waals surface area contributed by atoms with Crippen LogP contribution in [0.25, 0.3) is 0 Å². The Morgan fingerprint density at radius 1 is 0.895 bits per heavy atom. The van der Waals surface area contributed by atoms with Crippen molar-refractivity contribution >= 4 is 0 Å². The van der Waals surface area contributed by atoms with Crippen LogP contribution in [0.1, 0.15) is 71.2 Å². The first-order valence-corrected chi connectivity index (χ1v) is 7.86. The highest BCUT2D eigenvalue weighted by Gasteiger charge is 2.14. The highest BCUT2D eigenvalue weighted by molar-refractivity contribution is 5.26. The molecular formula is C17H31NO. The SMILES string of the molecule is CC.CC.Cc1cc(OC2CCCCC2)cc(C)n1. The second-order valence-electron chi connectivity index (χ2n) is 4.46. The summed E-state index contributed by atoms with van der Waals surface area (Å²) in [5, 5.41) is 0. The van der Waals surface area contributed by atoms with Crippen LogP contribution in [0, 0.1) is 13.8 Å². The molecule has 1 fully saturated rings. The van der Waals surface area contributed by atoms with Gasteiger partial charge in [-0.05, 0) is 39.5 Å². The van der Waals surface area contributed by atoms with Crippen molar-refractivity contribution in [2.45, 2.75) is 79.8 Å². The van der Waals surface area contributed by atoms with Crippen LogP contribution in [0.2, 0.25) is 0 Å². The van der Waals surface area contributed by atoms with Crippen LogP contribution in [-0.2, 0) is 0 Å². The Labute approximate surface area is 119 Å². The third-order valence-corrected chi connectivity index (χ3v) is 2.91. The van der Waals surface area contributed by atoms with E-state index in [1.54, 1.807) is 0 Å². The molecule has 1 heterocycles. The lowest BCUT2D eigenvalue weighted by atomic mass is 9.98. The molecule has 0 aliphatic heterocycles. The van der Waals surface area contributed by atoms with E-state index in [0.29, 0.717) is 6.10 Å². The molecule has 1 aliphatic carbocycles. The smallest absolute Gasteiger partial charge is 0.123 e. The molecule has 2 nitrogen and oxygen atoms in total. The van der Waals surface area contributed by atoms with E-state index in [9.17, 15) is 0 Å². The van der Waals surface area contributed by atoms with Crippen LogP contribution < -0.4 is 4.74 Å². The molecule has 110 valence electrons. The Morgan fingerprint density at radius 2 is 1.37 bits per heavy atom. The van der Waals surface area contributed by atoms with E-state index in [2.05, 4.69) is 4.98 Å². The van der Waals surface area contributed by atoms with Crippen LogP contribution >= 0.6 is 0 Å². The lowest BCUT2D eigenvalue weighted by Crippen LogP contribution is -2.19. The molecule has 2 rings (SSSR count). The molecule has 0 amide bonds. The van der Waals surface area contributed by atoms with Gasteiger partial charge in [-0.3, -0.25) is 4.98 Å². The van der Waals surface area contributed by atoms with Gasteiger partial charge in [0.25, 0.3) is 0 Å². The lowest BCUT2D eigenvalue weighted by Gasteiger charge is -2.23.